The van der Waals surface area contributed by atoms with Crippen molar-refractivity contribution in [1.29, 1.82) is 0 Å². The summed E-state index contributed by atoms with van der Waals surface area (Å²) in [5.74, 6) is -0.717. The minimum Gasteiger partial charge on any atom is -0.497 e. The standard InChI is InChI=1S/C16H14N4O3/c1-23-11-5-2-4-10(8-11)9-18-16(22)14-19-13-12(15(21)20-14)6-3-7-17-13/h2-8,12H,9H2,1H3,(H,18,22). The van der Waals surface area contributed by atoms with Crippen LogP contribution >= 0.6 is 0 Å². The van der Waals surface area contributed by atoms with Crippen LogP contribution in [0.2, 0.25) is 0 Å². The van der Waals surface area contributed by atoms with Gasteiger partial charge in [-0.2, -0.15) is 4.99 Å². The normalized spacial score (nSPS) is 18.8. The van der Waals surface area contributed by atoms with Crippen molar-refractivity contribution in [2.75, 3.05) is 7.11 Å². The first-order valence-electron chi connectivity index (χ1n) is 7.00. The number of ether oxygens (including phenoxy) is 1. The Hall–Kier alpha value is -3.09. The van der Waals surface area contributed by atoms with Crippen molar-refractivity contribution in [2.24, 2.45) is 20.9 Å². The number of dihydropyridines is 1. The summed E-state index contributed by atoms with van der Waals surface area (Å²) in [6, 6.07) is 7.31. The Morgan fingerprint density at radius 2 is 2.22 bits per heavy atom. The number of hydrogen-bond donors (Lipinski definition) is 1. The summed E-state index contributed by atoms with van der Waals surface area (Å²) >= 11 is 0. The summed E-state index contributed by atoms with van der Waals surface area (Å²) in [6.45, 7) is 0.278. The Morgan fingerprint density at radius 3 is 3.04 bits per heavy atom. The minimum atomic E-state index is -0.588. The number of nitrogens with one attached hydrogen (secondary N) is 1. The van der Waals surface area contributed by atoms with Crippen LogP contribution in [0.1, 0.15) is 5.56 Å². The van der Waals surface area contributed by atoms with E-state index in [9.17, 15) is 9.59 Å². The van der Waals surface area contributed by atoms with Crippen LogP contribution in [0.15, 0.2) is 51.4 Å². The quantitative estimate of drug-likeness (QED) is 0.895. The molecule has 0 aromatic heterocycles. The first-order chi connectivity index (χ1) is 11.2. The highest BCUT2D eigenvalue weighted by Gasteiger charge is 2.29. The molecule has 0 fully saturated rings. The van der Waals surface area contributed by atoms with Gasteiger partial charge < -0.3 is 10.1 Å². The number of fused-ring (bicyclic) bond motifs is 1. The van der Waals surface area contributed by atoms with Gasteiger partial charge in [-0.05, 0) is 23.8 Å². The molecule has 0 bridgehead atoms. The fourth-order valence-electron chi connectivity index (χ4n) is 2.19. The number of rotatable bonds is 4. The zero-order valence-corrected chi connectivity index (χ0v) is 12.4. The number of carbonyl (C=O) groups excluding carboxylic acids is 2. The van der Waals surface area contributed by atoms with Gasteiger partial charge in [-0.15, -0.1) is 0 Å². The van der Waals surface area contributed by atoms with E-state index in [-0.39, 0.29) is 12.4 Å². The maximum Gasteiger partial charge on any atom is 0.289 e. The van der Waals surface area contributed by atoms with Crippen LogP contribution in [0.25, 0.3) is 0 Å². The first kappa shape index (κ1) is 14.8. The highest BCUT2D eigenvalue weighted by Crippen LogP contribution is 2.15. The fraction of sp³-hybridized carbons (Fsp3) is 0.188. The van der Waals surface area contributed by atoms with Gasteiger partial charge in [0, 0.05) is 12.8 Å². The number of amidine groups is 2. The molecule has 1 N–H and O–H groups in total. The van der Waals surface area contributed by atoms with Crippen molar-refractivity contribution >= 4 is 29.7 Å². The Labute approximate surface area is 132 Å². The van der Waals surface area contributed by atoms with Crippen LogP contribution in [0, 0.1) is 5.92 Å². The number of nitrogens with zero attached hydrogens (tertiary/aromatic N) is 3. The molecule has 0 spiro atoms. The number of methoxy groups -OCH3 is 1. The molecule has 2 aliphatic rings. The number of allylic oxidation sites excluding steroid dienone is 1. The van der Waals surface area contributed by atoms with Crippen molar-refractivity contribution in [2.45, 2.75) is 6.54 Å². The van der Waals surface area contributed by atoms with Gasteiger partial charge in [0.15, 0.2) is 0 Å². The SMILES string of the molecule is COc1cccc(CNC(=O)C2=NC(=O)C3C=CC=NC3=N2)c1. The van der Waals surface area contributed by atoms with Gasteiger partial charge in [0.2, 0.25) is 5.84 Å². The van der Waals surface area contributed by atoms with E-state index in [1.54, 1.807) is 19.3 Å². The minimum absolute atomic E-state index is 0.170. The lowest BCUT2D eigenvalue weighted by Gasteiger charge is -2.16. The van der Waals surface area contributed by atoms with E-state index in [0.29, 0.717) is 11.6 Å². The van der Waals surface area contributed by atoms with Gasteiger partial charge in [-0.1, -0.05) is 18.2 Å². The second kappa shape index (κ2) is 6.35. The molecular weight excluding hydrogens is 296 g/mol. The molecule has 2 amide bonds. The van der Waals surface area contributed by atoms with Crippen LogP contribution in [0.3, 0.4) is 0 Å². The van der Waals surface area contributed by atoms with Crippen LogP contribution < -0.4 is 10.1 Å². The Bertz CT molecular complexity index is 777. The van der Waals surface area contributed by atoms with Crippen LogP contribution in [-0.2, 0) is 16.1 Å². The van der Waals surface area contributed by atoms with Gasteiger partial charge in [-0.25, -0.2) is 9.98 Å². The van der Waals surface area contributed by atoms with Gasteiger partial charge in [0.25, 0.3) is 11.8 Å². The molecule has 3 rings (SSSR count). The van der Waals surface area contributed by atoms with Crippen molar-refractivity contribution in [3.63, 3.8) is 0 Å². The average molecular weight is 310 g/mol. The zero-order chi connectivity index (χ0) is 16.2. The van der Waals surface area contributed by atoms with Crippen LogP contribution in [0.4, 0.5) is 0 Å². The summed E-state index contributed by atoms with van der Waals surface area (Å²) in [5.41, 5.74) is 0.865. The van der Waals surface area contributed by atoms with Gasteiger partial charge in [0.05, 0.1) is 7.11 Å². The zero-order valence-electron chi connectivity index (χ0n) is 12.4. The van der Waals surface area contributed by atoms with Crippen molar-refractivity contribution < 1.29 is 14.3 Å². The van der Waals surface area contributed by atoms with E-state index in [0.717, 1.165) is 5.56 Å². The molecular formula is C16H14N4O3. The molecule has 0 saturated carbocycles. The third kappa shape index (κ3) is 3.23. The summed E-state index contributed by atoms with van der Waals surface area (Å²) in [5, 5.41) is 2.68. The van der Waals surface area contributed by atoms with Gasteiger partial charge in [-0.3, -0.25) is 9.59 Å². The summed E-state index contributed by atoms with van der Waals surface area (Å²) in [6.07, 6.45) is 4.84. The van der Waals surface area contributed by atoms with E-state index >= 15 is 0 Å². The molecule has 1 aromatic rings. The fourth-order valence-corrected chi connectivity index (χ4v) is 2.19. The second-order valence-electron chi connectivity index (χ2n) is 4.92. The summed E-state index contributed by atoms with van der Waals surface area (Å²) < 4.78 is 5.13. The number of carbonyl (C=O) groups is 2. The molecule has 7 heteroatoms. The molecule has 1 aromatic carbocycles. The topological polar surface area (TPSA) is 92.5 Å². The van der Waals surface area contributed by atoms with Crippen LogP contribution in [0.5, 0.6) is 5.75 Å². The first-order valence-corrected chi connectivity index (χ1v) is 7.00. The highest BCUT2D eigenvalue weighted by atomic mass is 16.5. The monoisotopic (exact) mass is 310 g/mol. The number of benzene rings is 1. The molecule has 1 atom stereocenters. The number of aliphatic imine (C=N–C) groups is 3. The van der Waals surface area contributed by atoms with E-state index in [4.69, 9.17) is 4.74 Å². The average Bonchev–Trinajstić information content (AvgIpc) is 2.60. The molecule has 2 heterocycles. The van der Waals surface area contributed by atoms with Crippen molar-refractivity contribution in [3.8, 4) is 5.75 Å². The Kier molecular flexibility index (Phi) is 4.09. The van der Waals surface area contributed by atoms with Gasteiger partial charge >= 0.3 is 0 Å². The molecule has 0 aliphatic carbocycles. The van der Waals surface area contributed by atoms with E-state index < -0.39 is 17.7 Å². The number of hydrogen-bond acceptors (Lipinski definition) is 5. The molecule has 23 heavy (non-hydrogen) atoms. The van der Waals surface area contributed by atoms with Crippen molar-refractivity contribution in [3.05, 3.63) is 42.0 Å². The summed E-state index contributed by atoms with van der Waals surface area (Å²) in [7, 11) is 1.58. The molecule has 0 saturated heterocycles. The van der Waals surface area contributed by atoms with E-state index in [1.165, 1.54) is 6.21 Å². The second-order valence-corrected chi connectivity index (χ2v) is 4.92. The van der Waals surface area contributed by atoms with E-state index in [1.807, 2.05) is 24.3 Å². The Balaban J connectivity index is 1.69. The highest BCUT2D eigenvalue weighted by molar-refractivity contribution is 6.43. The lowest BCUT2D eigenvalue weighted by molar-refractivity contribution is -0.120. The Morgan fingerprint density at radius 1 is 1.35 bits per heavy atom. The molecule has 116 valence electrons. The lowest BCUT2D eigenvalue weighted by Crippen LogP contribution is -2.36. The van der Waals surface area contributed by atoms with Crippen molar-refractivity contribution in [1.82, 2.24) is 5.32 Å². The molecule has 1 unspecified atom stereocenters. The third-order valence-corrected chi connectivity index (χ3v) is 3.37. The largest absolute Gasteiger partial charge is 0.497 e. The summed E-state index contributed by atoms with van der Waals surface area (Å²) in [4.78, 5) is 35.9. The predicted octanol–water partition coefficient (Wildman–Crippen LogP) is 0.905. The van der Waals surface area contributed by atoms with Gasteiger partial charge in [0.1, 0.15) is 17.5 Å². The lowest BCUT2D eigenvalue weighted by atomic mass is 10.0. The maximum absolute atomic E-state index is 12.1. The van der Waals surface area contributed by atoms with E-state index in [2.05, 4.69) is 20.3 Å². The molecule has 7 nitrogen and oxygen atoms in total. The molecule has 0 radical (unpaired) electrons. The molecule has 2 aliphatic heterocycles. The maximum atomic E-state index is 12.1. The third-order valence-electron chi connectivity index (χ3n) is 3.37. The number of amides is 2. The predicted molar refractivity (Wildman–Crippen MR) is 85.8 cm³/mol. The van der Waals surface area contributed by atoms with Crippen LogP contribution in [-0.4, -0.2) is 36.8 Å². The smallest absolute Gasteiger partial charge is 0.289 e.